The third kappa shape index (κ3) is 4.17. The molecule has 0 atom stereocenters. The number of rotatable bonds is 5. The standard InChI is InChI=1S/C23H25N3O3/c1-17(27)26-13-11-25(12-14-26)15-16-29-22-19-9-5-6-10-20(19)23(28)24-21(22)18-7-3-2-4-8-18/h2-10H,11-16H2,1H3,(H,24,28). The fourth-order valence-corrected chi connectivity index (χ4v) is 3.77. The van der Waals surface area contributed by atoms with Crippen LogP contribution < -0.4 is 10.3 Å². The zero-order valence-corrected chi connectivity index (χ0v) is 16.6. The summed E-state index contributed by atoms with van der Waals surface area (Å²) in [5, 5.41) is 1.44. The summed E-state index contributed by atoms with van der Waals surface area (Å²) in [5.74, 6) is 0.835. The number of piperazine rings is 1. The van der Waals surface area contributed by atoms with E-state index in [9.17, 15) is 9.59 Å². The SMILES string of the molecule is CC(=O)N1CCN(CCOc2c(-c3ccccc3)[nH]c(=O)c3ccccc23)CC1. The Hall–Kier alpha value is -3.12. The van der Waals surface area contributed by atoms with E-state index in [1.54, 1.807) is 6.92 Å². The number of benzene rings is 2. The summed E-state index contributed by atoms with van der Waals surface area (Å²) >= 11 is 0. The summed E-state index contributed by atoms with van der Waals surface area (Å²) in [4.78, 5) is 31.2. The first-order chi connectivity index (χ1) is 14.1. The van der Waals surface area contributed by atoms with Crippen molar-refractivity contribution in [2.75, 3.05) is 39.3 Å². The Kier molecular flexibility index (Phi) is 5.62. The number of hydrogen-bond acceptors (Lipinski definition) is 4. The van der Waals surface area contributed by atoms with Gasteiger partial charge in [-0.05, 0) is 6.07 Å². The molecule has 1 amide bonds. The van der Waals surface area contributed by atoms with Crippen molar-refractivity contribution in [2.24, 2.45) is 0 Å². The molecule has 2 heterocycles. The topological polar surface area (TPSA) is 65.6 Å². The minimum absolute atomic E-state index is 0.118. The lowest BCUT2D eigenvalue weighted by atomic mass is 10.1. The van der Waals surface area contributed by atoms with E-state index in [1.807, 2.05) is 59.5 Å². The van der Waals surface area contributed by atoms with Crippen molar-refractivity contribution in [1.29, 1.82) is 0 Å². The number of fused-ring (bicyclic) bond motifs is 1. The molecule has 1 N–H and O–H groups in total. The van der Waals surface area contributed by atoms with Crippen LogP contribution in [-0.4, -0.2) is 60.0 Å². The highest BCUT2D eigenvalue weighted by Crippen LogP contribution is 2.33. The normalized spacial score (nSPS) is 14.9. The van der Waals surface area contributed by atoms with Crippen LogP contribution >= 0.6 is 0 Å². The highest BCUT2D eigenvalue weighted by Gasteiger charge is 2.19. The van der Waals surface area contributed by atoms with E-state index in [0.29, 0.717) is 23.4 Å². The molecule has 0 bridgehead atoms. The van der Waals surface area contributed by atoms with Crippen molar-refractivity contribution in [3.8, 4) is 17.0 Å². The van der Waals surface area contributed by atoms with Gasteiger partial charge in [0.2, 0.25) is 5.91 Å². The second-order valence-corrected chi connectivity index (χ2v) is 7.27. The number of aromatic amines is 1. The Bertz CT molecular complexity index is 1050. The van der Waals surface area contributed by atoms with Crippen LogP contribution in [0.25, 0.3) is 22.0 Å². The number of pyridine rings is 1. The summed E-state index contributed by atoms with van der Waals surface area (Å²) in [7, 11) is 0. The van der Waals surface area contributed by atoms with Crippen LogP contribution in [0.3, 0.4) is 0 Å². The quantitative estimate of drug-likeness (QED) is 0.726. The minimum Gasteiger partial charge on any atom is -0.489 e. The van der Waals surface area contributed by atoms with Crippen molar-refractivity contribution >= 4 is 16.7 Å². The summed E-state index contributed by atoms with van der Waals surface area (Å²) in [6, 6.07) is 17.3. The van der Waals surface area contributed by atoms with Gasteiger partial charge in [0.15, 0.2) is 5.75 Å². The smallest absolute Gasteiger partial charge is 0.256 e. The van der Waals surface area contributed by atoms with Gasteiger partial charge in [0, 0.05) is 50.6 Å². The van der Waals surface area contributed by atoms with Crippen LogP contribution in [0.15, 0.2) is 59.4 Å². The van der Waals surface area contributed by atoms with Crippen LogP contribution in [0, 0.1) is 0 Å². The molecule has 0 unspecified atom stereocenters. The molecule has 4 rings (SSSR count). The van der Waals surface area contributed by atoms with Gasteiger partial charge >= 0.3 is 0 Å². The van der Waals surface area contributed by atoms with E-state index in [1.165, 1.54) is 0 Å². The van der Waals surface area contributed by atoms with E-state index >= 15 is 0 Å². The molecule has 1 aliphatic heterocycles. The second-order valence-electron chi connectivity index (χ2n) is 7.27. The molecule has 29 heavy (non-hydrogen) atoms. The number of aromatic nitrogens is 1. The van der Waals surface area contributed by atoms with Crippen molar-refractivity contribution in [2.45, 2.75) is 6.92 Å². The molecule has 0 aliphatic carbocycles. The Labute approximate surface area is 169 Å². The van der Waals surface area contributed by atoms with Crippen molar-refractivity contribution in [1.82, 2.24) is 14.8 Å². The third-order valence-electron chi connectivity index (χ3n) is 5.42. The lowest BCUT2D eigenvalue weighted by Crippen LogP contribution is -2.48. The maximum atomic E-state index is 12.6. The average molecular weight is 391 g/mol. The first kappa shape index (κ1) is 19.2. The molecule has 6 nitrogen and oxygen atoms in total. The van der Waals surface area contributed by atoms with E-state index in [4.69, 9.17) is 4.74 Å². The Balaban J connectivity index is 1.56. The van der Waals surface area contributed by atoms with Gasteiger partial charge in [-0.15, -0.1) is 0 Å². The van der Waals surface area contributed by atoms with Gasteiger partial charge in [0.25, 0.3) is 5.56 Å². The third-order valence-corrected chi connectivity index (χ3v) is 5.42. The summed E-state index contributed by atoms with van der Waals surface area (Å²) in [6.45, 7) is 6.11. The van der Waals surface area contributed by atoms with Crippen LogP contribution in [-0.2, 0) is 4.79 Å². The molecule has 150 valence electrons. The summed E-state index contributed by atoms with van der Waals surface area (Å²) < 4.78 is 6.24. The molecule has 1 aliphatic rings. The van der Waals surface area contributed by atoms with E-state index in [-0.39, 0.29) is 11.5 Å². The maximum absolute atomic E-state index is 12.6. The number of amides is 1. The van der Waals surface area contributed by atoms with Gasteiger partial charge in [-0.3, -0.25) is 14.5 Å². The molecule has 0 saturated carbocycles. The number of ether oxygens (including phenoxy) is 1. The summed E-state index contributed by atoms with van der Waals surface area (Å²) in [6.07, 6.45) is 0. The van der Waals surface area contributed by atoms with E-state index < -0.39 is 0 Å². The predicted molar refractivity (Wildman–Crippen MR) is 114 cm³/mol. The number of hydrogen-bond donors (Lipinski definition) is 1. The number of carbonyl (C=O) groups excluding carboxylic acids is 1. The van der Waals surface area contributed by atoms with Crippen LogP contribution in [0.5, 0.6) is 5.75 Å². The molecule has 2 aromatic carbocycles. The molecule has 1 aromatic heterocycles. The lowest BCUT2D eigenvalue weighted by molar-refractivity contribution is -0.130. The van der Waals surface area contributed by atoms with Crippen molar-refractivity contribution in [3.05, 3.63) is 65.0 Å². The van der Waals surface area contributed by atoms with Crippen LogP contribution in [0.2, 0.25) is 0 Å². The van der Waals surface area contributed by atoms with Crippen LogP contribution in [0.1, 0.15) is 6.92 Å². The average Bonchev–Trinajstić information content (AvgIpc) is 2.76. The predicted octanol–water partition coefficient (Wildman–Crippen LogP) is 2.74. The van der Waals surface area contributed by atoms with Crippen molar-refractivity contribution in [3.63, 3.8) is 0 Å². The second kappa shape index (κ2) is 8.49. The van der Waals surface area contributed by atoms with Gasteiger partial charge in [-0.25, -0.2) is 0 Å². The molecule has 0 radical (unpaired) electrons. The van der Waals surface area contributed by atoms with Gasteiger partial charge in [-0.2, -0.15) is 0 Å². The van der Waals surface area contributed by atoms with Gasteiger partial charge in [0.1, 0.15) is 6.61 Å². The molecular formula is C23H25N3O3. The van der Waals surface area contributed by atoms with Crippen LogP contribution in [0.4, 0.5) is 0 Å². The zero-order chi connectivity index (χ0) is 20.2. The molecule has 1 saturated heterocycles. The number of H-pyrrole nitrogens is 1. The maximum Gasteiger partial charge on any atom is 0.256 e. The minimum atomic E-state index is -0.118. The highest BCUT2D eigenvalue weighted by atomic mass is 16.5. The number of carbonyl (C=O) groups is 1. The van der Waals surface area contributed by atoms with Gasteiger partial charge in [-0.1, -0.05) is 48.5 Å². The number of nitrogens with one attached hydrogen (secondary N) is 1. The monoisotopic (exact) mass is 391 g/mol. The lowest BCUT2D eigenvalue weighted by Gasteiger charge is -2.34. The first-order valence-corrected chi connectivity index (χ1v) is 9.94. The molecule has 1 fully saturated rings. The Morgan fingerprint density at radius 2 is 1.62 bits per heavy atom. The molecule has 0 spiro atoms. The fourth-order valence-electron chi connectivity index (χ4n) is 3.77. The van der Waals surface area contributed by atoms with Crippen molar-refractivity contribution < 1.29 is 9.53 Å². The van der Waals surface area contributed by atoms with E-state index in [2.05, 4.69) is 9.88 Å². The first-order valence-electron chi connectivity index (χ1n) is 9.94. The van der Waals surface area contributed by atoms with Gasteiger partial charge in [0.05, 0.1) is 11.1 Å². The highest BCUT2D eigenvalue weighted by molar-refractivity contribution is 5.92. The zero-order valence-electron chi connectivity index (χ0n) is 16.6. The van der Waals surface area contributed by atoms with E-state index in [0.717, 1.165) is 43.7 Å². The van der Waals surface area contributed by atoms with Gasteiger partial charge < -0.3 is 14.6 Å². The molecular weight excluding hydrogens is 366 g/mol. The summed E-state index contributed by atoms with van der Waals surface area (Å²) in [5.41, 5.74) is 1.50. The fraction of sp³-hybridized carbons (Fsp3) is 0.304. The molecule has 6 heteroatoms. The Morgan fingerprint density at radius 3 is 2.31 bits per heavy atom. The largest absolute Gasteiger partial charge is 0.489 e. The number of nitrogens with zero attached hydrogens (tertiary/aromatic N) is 2. The Morgan fingerprint density at radius 1 is 0.966 bits per heavy atom. The molecule has 3 aromatic rings.